The zero-order valence-corrected chi connectivity index (χ0v) is 12.9. The van der Waals surface area contributed by atoms with Crippen LogP contribution in [0.5, 0.6) is 0 Å². The van der Waals surface area contributed by atoms with E-state index < -0.39 is 0 Å². The van der Waals surface area contributed by atoms with Crippen LogP contribution in [0.4, 0.5) is 0 Å². The summed E-state index contributed by atoms with van der Waals surface area (Å²) in [6.45, 7) is 2.65. The molecule has 1 fully saturated rings. The van der Waals surface area contributed by atoms with Crippen LogP contribution in [0.15, 0.2) is 72.3 Å². The lowest BCUT2D eigenvalue weighted by molar-refractivity contribution is -0.126. The molecule has 1 heterocycles. The number of benzene rings is 2. The Balaban J connectivity index is 1.81. The molecule has 0 unspecified atom stereocenters. The van der Waals surface area contributed by atoms with Crippen LogP contribution in [-0.2, 0) is 17.8 Å². The van der Waals surface area contributed by atoms with Crippen LogP contribution in [0.1, 0.15) is 24.5 Å². The second-order valence-electron chi connectivity index (χ2n) is 5.78. The highest BCUT2D eigenvalue weighted by atomic mass is 16.2. The van der Waals surface area contributed by atoms with E-state index in [2.05, 4.69) is 36.4 Å². The Morgan fingerprint density at radius 1 is 1.00 bits per heavy atom. The Bertz CT molecular complexity index is 661. The summed E-state index contributed by atoms with van der Waals surface area (Å²) in [6.07, 6.45) is 3.72. The normalized spacial score (nSPS) is 19.9. The van der Waals surface area contributed by atoms with Gasteiger partial charge >= 0.3 is 0 Å². The summed E-state index contributed by atoms with van der Waals surface area (Å²) in [6, 6.07) is 20.9. The minimum Gasteiger partial charge on any atom is -0.331 e. The van der Waals surface area contributed by atoms with E-state index in [1.165, 1.54) is 11.1 Å². The average Bonchev–Trinajstić information content (AvgIpc) is 2.85. The van der Waals surface area contributed by atoms with E-state index in [4.69, 9.17) is 0 Å². The molecule has 22 heavy (non-hydrogen) atoms. The van der Waals surface area contributed by atoms with Crippen molar-refractivity contribution in [3.05, 3.63) is 83.4 Å². The predicted molar refractivity (Wildman–Crippen MR) is 89.3 cm³/mol. The first kappa shape index (κ1) is 14.6. The molecule has 2 aromatic carbocycles. The zero-order chi connectivity index (χ0) is 15.4. The summed E-state index contributed by atoms with van der Waals surface area (Å²) < 4.78 is 0. The fourth-order valence-corrected chi connectivity index (χ4v) is 3.09. The zero-order valence-electron chi connectivity index (χ0n) is 12.9. The molecule has 0 aromatic heterocycles. The number of allylic oxidation sites excluding steroid dienone is 1. The molecule has 1 saturated heterocycles. The maximum absolute atomic E-state index is 12.6. The number of amides is 1. The quantitative estimate of drug-likeness (QED) is 0.780. The van der Waals surface area contributed by atoms with E-state index in [0.29, 0.717) is 6.54 Å². The molecular formula is C20H21NO. The monoisotopic (exact) mass is 291 g/mol. The van der Waals surface area contributed by atoms with Gasteiger partial charge in [0, 0.05) is 18.2 Å². The van der Waals surface area contributed by atoms with Gasteiger partial charge in [-0.1, -0.05) is 66.7 Å². The van der Waals surface area contributed by atoms with E-state index >= 15 is 0 Å². The molecule has 0 N–H and O–H groups in total. The molecule has 1 aliphatic rings. The molecule has 0 bridgehead atoms. The fourth-order valence-electron chi connectivity index (χ4n) is 3.09. The Labute approximate surface area is 132 Å². The topological polar surface area (TPSA) is 20.3 Å². The summed E-state index contributed by atoms with van der Waals surface area (Å²) in [5, 5.41) is 0. The molecule has 1 amide bonds. The van der Waals surface area contributed by atoms with Crippen LogP contribution in [-0.4, -0.2) is 16.8 Å². The molecule has 3 rings (SSSR count). The van der Waals surface area contributed by atoms with Crippen LogP contribution >= 0.6 is 0 Å². The summed E-state index contributed by atoms with van der Waals surface area (Å²) in [5.74, 6) is 0.187. The number of carbonyl (C=O) groups is 1. The first-order valence-electron chi connectivity index (χ1n) is 7.82. The van der Waals surface area contributed by atoms with Crippen LogP contribution in [0.3, 0.4) is 0 Å². The highest BCUT2D eigenvalue weighted by Crippen LogP contribution is 2.28. The summed E-state index contributed by atoms with van der Waals surface area (Å²) in [5.41, 5.74) is 3.42. The number of rotatable bonds is 4. The lowest BCUT2D eigenvalue weighted by atomic mass is 10.0. The maximum atomic E-state index is 12.6. The Morgan fingerprint density at radius 3 is 2.18 bits per heavy atom. The number of carbonyl (C=O) groups excluding carboxylic acids is 1. The molecule has 2 aromatic rings. The average molecular weight is 291 g/mol. The molecule has 0 spiro atoms. The van der Waals surface area contributed by atoms with E-state index in [1.807, 2.05) is 42.2 Å². The number of likely N-dealkylation sites (tertiary alicyclic amines) is 1. The van der Waals surface area contributed by atoms with E-state index in [1.54, 1.807) is 0 Å². The largest absolute Gasteiger partial charge is 0.331 e. The van der Waals surface area contributed by atoms with Gasteiger partial charge in [0.2, 0.25) is 5.91 Å². The van der Waals surface area contributed by atoms with Crippen molar-refractivity contribution >= 4 is 5.91 Å². The Kier molecular flexibility index (Phi) is 4.38. The molecule has 2 heteroatoms. The highest BCUT2D eigenvalue weighted by Gasteiger charge is 2.34. The SMILES string of the molecule is C/C=C1/C[C@H](Cc2ccccc2)N(Cc2ccccc2)C1=O. The standard InChI is InChI=1S/C20H21NO/c1-2-18-14-19(13-16-9-5-3-6-10-16)21(20(18)22)15-17-11-7-4-8-12-17/h2-12,19H,13-15H2,1H3/b18-2-/t19-/m0/s1. The maximum Gasteiger partial charge on any atom is 0.250 e. The van der Waals surface area contributed by atoms with Crippen LogP contribution in [0.2, 0.25) is 0 Å². The molecule has 1 aliphatic heterocycles. The molecule has 1 atom stereocenters. The minimum atomic E-state index is 0.187. The summed E-state index contributed by atoms with van der Waals surface area (Å²) in [7, 11) is 0. The number of nitrogens with zero attached hydrogens (tertiary/aromatic N) is 1. The molecule has 0 radical (unpaired) electrons. The van der Waals surface area contributed by atoms with Crippen molar-refractivity contribution in [2.45, 2.75) is 32.4 Å². The predicted octanol–water partition coefficient (Wildman–Crippen LogP) is 3.98. The third-order valence-electron chi connectivity index (χ3n) is 4.29. The van der Waals surface area contributed by atoms with E-state index in [0.717, 1.165) is 18.4 Å². The molecular weight excluding hydrogens is 270 g/mol. The van der Waals surface area contributed by atoms with Gasteiger partial charge in [-0.15, -0.1) is 0 Å². The van der Waals surface area contributed by atoms with E-state index in [9.17, 15) is 4.79 Å². The second kappa shape index (κ2) is 6.61. The van der Waals surface area contributed by atoms with Gasteiger partial charge < -0.3 is 4.90 Å². The van der Waals surface area contributed by atoms with Crippen LogP contribution in [0.25, 0.3) is 0 Å². The van der Waals surface area contributed by atoms with E-state index in [-0.39, 0.29) is 11.9 Å². The van der Waals surface area contributed by atoms with Gasteiger partial charge in [0.15, 0.2) is 0 Å². The van der Waals surface area contributed by atoms with Crippen molar-refractivity contribution in [2.75, 3.05) is 0 Å². The van der Waals surface area contributed by atoms with Crippen molar-refractivity contribution in [3.8, 4) is 0 Å². The number of hydrogen-bond acceptors (Lipinski definition) is 1. The Morgan fingerprint density at radius 2 is 1.59 bits per heavy atom. The van der Waals surface area contributed by atoms with Crippen molar-refractivity contribution < 1.29 is 4.79 Å². The lowest BCUT2D eigenvalue weighted by Crippen LogP contribution is -2.34. The van der Waals surface area contributed by atoms with Crippen molar-refractivity contribution in [1.29, 1.82) is 0 Å². The van der Waals surface area contributed by atoms with Gasteiger partial charge in [-0.05, 0) is 30.9 Å². The lowest BCUT2D eigenvalue weighted by Gasteiger charge is -2.24. The highest BCUT2D eigenvalue weighted by molar-refractivity contribution is 5.96. The first-order chi connectivity index (χ1) is 10.8. The first-order valence-corrected chi connectivity index (χ1v) is 7.82. The minimum absolute atomic E-state index is 0.187. The molecule has 112 valence electrons. The van der Waals surface area contributed by atoms with Gasteiger partial charge in [-0.2, -0.15) is 0 Å². The van der Waals surface area contributed by atoms with Crippen molar-refractivity contribution in [1.82, 2.24) is 4.90 Å². The van der Waals surface area contributed by atoms with Gasteiger partial charge in [-0.25, -0.2) is 0 Å². The van der Waals surface area contributed by atoms with Crippen molar-refractivity contribution in [3.63, 3.8) is 0 Å². The van der Waals surface area contributed by atoms with Gasteiger partial charge in [0.25, 0.3) is 0 Å². The second-order valence-corrected chi connectivity index (χ2v) is 5.78. The third-order valence-corrected chi connectivity index (χ3v) is 4.29. The van der Waals surface area contributed by atoms with Gasteiger partial charge in [0.1, 0.15) is 0 Å². The van der Waals surface area contributed by atoms with Gasteiger partial charge in [0.05, 0.1) is 0 Å². The molecule has 0 aliphatic carbocycles. The van der Waals surface area contributed by atoms with Crippen molar-refractivity contribution in [2.24, 2.45) is 0 Å². The summed E-state index contributed by atoms with van der Waals surface area (Å²) >= 11 is 0. The smallest absolute Gasteiger partial charge is 0.250 e. The third kappa shape index (κ3) is 3.11. The number of hydrogen-bond donors (Lipinski definition) is 0. The van der Waals surface area contributed by atoms with Crippen LogP contribution < -0.4 is 0 Å². The Hall–Kier alpha value is -2.35. The summed E-state index contributed by atoms with van der Waals surface area (Å²) in [4.78, 5) is 14.6. The van der Waals surface area contributed by atoms with Crippen LogP contribution in [0, 0.1) is 0 Å². The fraction of sp³-hybridized carbons (Fsp3) is 0.250. The van der Waals surface area contributed by atoms with Gasteiger partial charge in [-0.3, -0.25) is 4.79 Å². The molecule has 0 saturated carbocycles. The molecule has 2 nitrogen and oxygen atoms in total.